The number of primary amides is 1. The Hall–Kier alpha value is -2.52. The van der Waals surface area contributed by atoms with E-state index in [0.717, 1.165) is 15.1 Å². The molecular weight excluding hydrogens is 375 g/mol. The third-order valence-corrected chi connectivity index (χ3v) is 6.39. The van der Waals surface area contributed by atoms with Crippen LogP contribution in [0.2, 0.25) is 0 Å². The van der Waals surface area contributed by atoms with Crippen LogP contribution in [-0.2, 0) is 17.8 Å². The minimum absolute atomic E-state index is 0.00684. The van der Waals surface area contributed by atoms with E-state index in [-0.39, 0.29) is 11.7 Å². The molecule has 0 spiro atoms. The normalized spacial score (nSPS) is 13.7. The van der Waals surface area contributed by atoms with Crippen molar-refractivity contribution in [2.24, 2.45) is 5.73 Å². The zero-order valence-electron chi connectivity index (χ0n) is 13.8. The maximum absolute atomic E-state index is 13.4. The SMILES string of the molecule is CC(=O)N1CCc2c(sc(Nc3nc4ccc(F)cc4s3)c2C(N)=O)C1. The minimum atomic E-state index is -0.506. The number of anilines is 2. The third-order valence-electron chi connectivity index (χ3n) is 4.32. The number of aromatic nitrogens is 1. The molecule has 9 heteroatoms. The van der Waals surface area contributed by atoms with Gasteiger partial charge in [-0.15, -0.1) is 11.3 Å². The molecule has 6 nitrogen and oxygen atoms in total. The zero-order valence-corrected chi connectivity index (χ0v) is 15.5. The van der Waals surface area contributed by atoms with Gasteiger partial charge in [0.15, 0.2) is 5.13 Å². The molecule has 2 aromatic heterocycles. The number of hydrogen-bond acceptors (Lipinski definition) is 6. The molecule has 1 aliphatic rings. The Kier molecular flexibility index (Phi) is 4.12. The number of thiazole rings is 1. The Balaban J connectivity index is 1.71. The van der Waals surface area contributed by atoms with E-state index in [1.807, 2.05) is 0 Å². The quantitative estimate of drug-likeness (QED) is 0.719. The first-order valence-electron chi connectivity index (χ1n) is 7.95. The number of fused-ring (bicyclic) bond motifs is 2. The molecule has 0 fully saturated rings. The molecule has 0 atom stereocenters. The fourth-order valence-corrected chi connectivity index (χ4v) is 5.30. The summed E-state index contributed by atoms with van der Waals surface area (Å²) in [5.74, 6) is -0.817. The predicted molar refractivity (Wildman–Crippen MR) is 100 cm³/mol. The third kappa shape index (κ3) is 2.93. The fraction of sp³-hybridized carbons (Fsp3) is 0.235. The molecular formula is C17H15FN4O2S2. The van der Waals surface area contributed by atoms with E-state index in [1.54, 1.807) is 11.0 Å². The molecule has 0 radical (unpaired) electrons. The first-order valence-corrected chi connectivity index (χ1v) is 9.58. The number of carbonyl (C=O) groups excluding carboxylic acids is 2. The number of rotatable bonds is 3. The van der Waals surface area contributed by atoms with E-state index in [4.69, 9.17) is 5.73 Å². The standard InChI is InChI=1S/C17H15FN4O2S2/c1-8(23)22-5-4-10-13(7-22)25-16(14(10)15(19)24)21-17-20-11-3-2-9(18)6-12(11)26-17/h2-3,6H,4-5,7H2,1H3,(H2,19,24)(H,20,21). The van der Waals surface area contributed by atoms with Crippen molar-refractivity contribution < 1.29 is 14.0 Å². The average Bonchev–Trinajstić information content (AvgIpc) is 3.13. The van der Waals surface area contributed by atoms with Crippen LogP contribution in [0.3, 0.4) is 0 Å². The maximum atomic E-state index is 13.4. The summed E-state index contributed by atoms with van der Waals surface area (Å²) in [7, 11) is 0. The highest BCUT2D eigenvalue weighted by molar-refractivity contribution is 7.23. The Bertz CT molecular complexity index is 1040. The number of halogens is 1. The van der Waals surface area contributed by atoms with Gasteiger partial charge in [0.1, 0.15) is 10.8 Å². The second-order valence-electron chi connectivity index (χ2n) is 6.02. The lowest BCUT2D eigenvalue weighted by Gasteiger charge is -2.25. The molecule has 2 amide bonds. The van der Waals surface area contributed by atoms with Crippen LogP contribution < -0.4 is 11.1 Å². The highest BCUT2D eigenvalue weighted by Gasteiger charge is 2.28. The summed E-state index contributed by atoms with van der Waals surface area (Å²) in [5, 5.41) is 4.35. The summed E-state index contributed by atoms with van der Waals surface area (Å²) in [6.07, 6.45) is 0.594. The van der Waals surface area contributed by atoms with Gasteiger partial charge in [0.05, 0.1) is 22.3 Å². The summed E-state index contributed by atoms with van der Waals surface area (Å²) in [6, 6.07) is 4.41. The second-order valence-corrected chi connectivity index (χ2v) is 8.15. The van der Waals surface area contributed by atoms with Crippen LogP contribution >= 0.6 is 22.7 Å². The van der Waals surface area contributed by atoms with Crippen molar-refractivity contribution >= 4 is 54.8 Å². The average molecular weight is 390 g/mol. The number of thiophene rings is 1. The first kappa shape index (κ1) is 16.9. The molecule has 0 saturated carbocycles. The Morgan fingerprint density at radius 3 is 2.88 bits per heavy atom. The smallest absolute Gasteiger partial charge is 0.251 e. The van der Waals surface area contributed by atoms with E-state index in [2.05, 4.69) is 10.3 Å². The number of benzene rings is 1. The monoisotopic (exact) mass is 390 g/mol. The number of nitrogens with one attached hydrogen (secondary N) is 1. The van der Waals surface area contributed by atoms with E-state index in [0.29, 0.717) is 40.7 Å². The second kappa shape index (κ2) is 6.33. The lowest BCUT2D eigenvalue weighted by molar-refractivity contribution is -0.129. The number of nitrogens with two attached hydrogens (primary N) is 1. The largest absolute Gasteiger partial charge is 0.365 e. The molecule has 4 rings (SSSR count). The molecule has 0 aliphatic carbocycles. The molecule has 0 bridgehead atoms. The van der Waals surface area contributed by atoms with Gasteiger partial charge in [0.2, 0.25) is 5.91 Å². The van der Waals surface area contributed by atoms with Crippen molar-refractivity contribution in [2.75, 3.05) is 11.9 Å². The summed E-state index contributed by atoms with van der Waals surface area (Å²) >= 11 is 2.71. The van der Waals surface area contributed by atoms with Gasteiger partial charge in [-0.2, -0.15) is 0 Å². The molecule has 26 heavy (non-hydrogen) atoms. The van der Waals surface area contributed by atoms with Gasteiger partial charge in [0, 0.05) is 18.3 Å². The van der Waals surface area contributed by atoms with Crippen LogP contribution in [0.25, 0.3) is 10.2 Å². The minimum Gasteiger partial charge on any atom is -0.365 e. The maximum Gasteiger partial charge on any atom is 0.251 e. The molecule has 3 heterocycles. The van der Waals surface area contributed by atoms with Gasteiger partial charge in [-0.05, 0) is 30.2 Å². The van der Waals surface area contributed by atoms with Crippen molar-refractivity contribution in [1.29, 1.82) is 0 Å². The van der Waals surface area contributed by atoms with Crippen LogP contribution in [0.5, 0.6) is 0 Å². The van der Waals surface area contributed by atoms with Gasteiger partial charge in [-0.25, -0.2) is 9.37 Å². The molecule has 0 saturated heterocycles. The highest BCUT2D eigenvalue weighted by Crippen LogP contribution is 2.39. The van der Waals surface area contributed by atoms with Crippen molar-refractivity contribution in [3.05, 3.63) is 40.0 Å². The molecule has 1 aromatic carbocycles. The lowest BCUT2D eigenvalue weighted by Crippen LogP contribution is -2.34. The van der Waals surface area contributed by atoms with Crippen LogP contribution in [0.4, 0.5) is 14.5 Å². The van der Waals surface area contributed by atoms with Crippen molar-refractivity contribution in [3.63, 3.8) is 0 Å². The summed E-state index contributed by atoms with van der Waals surface area (Å²) < 4.78 is 14.1. The van der Waals surface area contributed by atoms with Crippen molar-refractivity contribution in [2.45, 2.75) is 19.9 Å². The van der Waals surface area contributed by atoms with Crippen LogP contribution in [0, 0.1) is 5.82 Å². The fourth-order valence-electron chi connectivity index (χ4n) is 3.07. The summed E-state index contributed by atoms with van der Waals surface area (Å²) in [6.45, 7) is 2.58. The van der Waals surface area contributed by atoms with Gasteiger partial charge < -0.3 is 16.0 Å². The molecule has 0 unspecified atom stereocenters. The molecule has 1 aliphatic heterocycles. The predicted octanol–water partition coefficient (Wildman–Crippen LogP) is 3.24. The van der Waals surface area contributed by atoms with Gasteiger partial charge in [-0.1, -0.05) is 11.3 Å². The van der Waals surface area contributed by atoms with Crippen molar-refractivity contribution in [3.8, 4) is 0 Å². The molecule has 3 aromatic rings. The molecule has 3 N–H and O–H groups in total. The van der Waals surface area contributed by atoms with Crippen LogP contribution in [0.1, 0.15) is 27.7 Å². The molecule has 134 valence electrons. The van der Waals surface area contributed by atoms with Gasteiger partial charge >= 0.3 is 0 Å². The summed E-state index contributed by atoms with van der Waals surface area (Å²) in [5.41, 5.74) is 7.65. The number of hydrogen-bond donors (Lipinski definition) is 2. The highest BCUT2D eigenvalue weighted by atomic mass is 32.1. The summed E-state index contributed by atoms with van der Waals surface area (Å²) in [4.78, 5) is 30.8. The number of amides is 2. The zero-order chi connectivity index (χ0) is 18.4. The first-order chi connectivity index (χ1) is 12.4. The van der Waals surface area contributed by atoms with Crippen molar-refractivity contribution in [1.82, 2.24) is 9.88 Å². The van der Waals surface area contributed by atoms with E-state index in [1.165, 1.54) is 41.7 Å². The Morgan fingerprint density at radius 2 is 2.15 bits per heavy atom. The van der Waals surface area contributed by atoms with E-state index >= 15 is 0 Å². The lowest BCUT2D eigenvalue weighted by atomic mass is 10.0. The van der Waals surface area contributed by atoms with Crippen LogP contribution in [0.15, 0.2) is 18.2 Å². The van der Waals surface area contributed by atoms with Gasteiger partial charge in [-0.3, -0.25) is 9.59 Å². The topological polar surface area (TPSA) is 88.3 Å². The van der Waals surface area contributed by atoms with Crippen LogP contribution in [-0.4, -0.2) is 28.2 Å². The Morgan fingerprint density at radius 1 is 1.35 bits per heavy atom. The van der Waals surface area contributed by atoms with Gasteiger partial charge in [0.25, 0.3) is 5.91 Å². The number of nitrogens with zero attached hydrogens (tertiary/aromatic N) is 2. The van der Waals surface area contributed by atoms with E-state index < -0.39 is 5.91 Å². The Labute approximate surface area is 156 Å². The van der Waals surface area contributed by atoms with E-state index in [9.17, 15) is 14.0 Å². The number of carbonyl (C=O) groups is 2.